The highest BCUT2D eigenvalue weighted by Gasteiger charge is 2.41. The van der Waals surface area contributed by atoms with Crippen LogP contribution in [0.5, 0.6) is 0 Å². The van der Waals surface area contributed by atoms with E-state index in [9.17, 15) is 0 Å². The Balaban J connectivity index is 0.000000206. The molecule has 0 radical (unpaired) electrons. The summed E-state index contributed by atoms with van der Waals surface area (Å²) in [5.74, 6) is 5.19. The zero-order valence-electron chi connectivity index (χ0n) is 45.9. The molecule has 3 N–H and O–H groups in total. The minimum Gasteiger partial charge on any atom is -1.00 e. The monoisotopic (exact) mass is 1030 g/mol. The van der Waals surface area contributed by atoms with Crippen LogP contribution in [0.3, 0.4) is 0 Å². The van der Waals surface area contributed by atoms with Crippen LogP contribution in [0.2, 0.25) is 0 Å². The molecule has 0 bridgehead atoms. The van der Waals surface area contributed by atoms with Gasteiger partial charge in [-0.15, -0.1) is 0 Å². The number of hydrogen-bond donors (Lipinski definition) is 2. The Kier molecular flexibility index (Phi) is 21.5. The number of hydrogen-bond acceptors (Lipinski definition) is 11. The fourth-order valence-corrected chi connectivity index (χ4v) is 8.45. The zero-order valence-corrected chi connectivity index (χ0v) is 46.7. The molecule has 0 amide bonds. The molecule has 0 aliphatic carbocycles. The summed E-state index contributed by atoms with van der Waals surface area (Å²) in [6.07, 6.45) is -0.383. The van der Waals surface area contributed by atoms with Crippen molar-refractivity contribution in [1.29, 1.82) is 0 Å². The van der Waals surface area contributed by atoms with E-state index in [1.807, 2.05) is 76.2 Å². The smallest absolute Gasteiger partial charge is 0.273 e. The number of nitrogens with two attached hydrogens (primary N) is 1. The number of para-hydroxylation sites is 4. The molecule has 6 aromatic carbocycles. The number of nitrogens with zero attached hydrogens (tertiary/aromatic N) is 6. The second-order valence-corrected chi connectivity index (χ2v) is 19.3. The Morgan fingerprint density at radius 1 is 0.453 bits per heavy atom. The lowest BCUT2D eigenvalue weighted by atomic mass is 10.0. The number of aromatic nitrogens is 4. The number of anilines is 6. The first-order chi connectivity index (χ1) is 35.8. The summed E-state index contributed by atoms with van der Waals surface area (Å²) < 4.78 is 21.6. The molecule has 9 rings (SSSR count). The van der Waals surface area contributed by atoms with E-state index in [2.05, 4.69) is 173 Å². The summed E-state index contributed by atoms with van der Waals surface area (Å²) in [4.78, 5) is 24.2. The number of quaternary nitrogens is 1. The Labute approximate surface area is 451 Å². The summed E-state index contributed by atoms with van der Waals surface area (Å²) in [5.41, 5.74) is 13.0. The SMILES string of the molecule is CC(C)c1ccc(Nc2nc3ccccc3nc2[NH2+]c2ccc(C(C)C)cc2)cc1.CCOC(OCC)OCC.CCOC1N(c2ccc(C(C)C)cc2)c2nc3ccccc3nc2N1c1ccc(C(C)C)cc1.[Cl-]. The molecule has 1 aliphatic heterocycles. The molecule has 0 saturated heterocycles. The van der Waals surface area contributed by atoms with Gasteiger partial charge in [0.05, 0.1) is 22.1 Å². The van der Waals surface area contributed by atoms with Gasteiger partial charge in [-0.25, -0.2) is 15.0 Å². The van der Waals surface area contributed by atoms with Crippen LogP contribution in [0.4, 0.5) is 46.0 Å². The Morgan fingerprint density at radius 3 is 1.19 bits per heavy atom. The summed E-state index contributed by atoms with van der Waals surface area (Å²) in [7, 11) is 0. The van der Waals surface area contributed by atoms with Crippen molar-refractivity contribution in [1.82, 2.24) is 19.9 Å². The van der Waals surface area contributed by atoms with Crippen molar-refractivity contribution in [2.75, 3.05) is 41.5 Å². The fourth-order valence-electron chi connectivity index (χ4n) is 8.45. The van der Waals surface area contributed by atoms with Crippen LogP contribution in [0.25, 0.3) is 22.1 Å². The molecule has 2 aromatic heterocycles. The average molecular weight is 1030 g/mol. The van der Waals surface area contributed by atoms with E-state index in [1.165, 1.54) is 22.3 Å². The van der Waals surface area contributed by atoms with Gasteiger partial charge in [0.25, 0.3) is 12.3 Å². The van der Waals surface area contributed by atoms with Crippen LogP contribution in [0, 0.1) is 0 Å². The lowest BCUT2D eigenvalue weighted by molar-refractivity contribution is -0.482. The summed E-state index contributed by atoms with van der Waals surface area (Å²) in [6, 6.07) is 50.6. The van der Waals surface area contributed by atoms with E-state index in [4.69, 9.17) is 38.9 Å². The molecule has 0 atom stereocenters. The van der Waals surface area contributed by atoms with Crippen molar-refractivity contribution in [2.45, 2.75) is 120 Å². The molecular formula is C62H77ClN8O4. The maximum atomic E-state index is 6.37. The van der Waals surface area contributed by atoms with Crippen molar-refractivity contribution >= 4 is 68.1 Å². The molecule has 13 heteroatoms. The number of nitrogens with one attached hydrogen (secondary N) is 1. The molecule has 0 saturated carbocycles. The first-order valence-electron chi connectivity index (χ1n) is 26.4. The molecule has 0 spiro atoms. The maximum absolute atomic E-state index is 6.37. The topological polar surface area (TPSA) is 124 Å². The van der Waals surface area contributed by atoms with Gasteiger partial charge in [0.1, 0.15) is 5.69 Å². The Hall–Kier alpha value is -6.51. The van der Waals surface area contributed by atoms with E-state index in [0.717, 1.165) is 68.1 Å². The van der Waals surface area contributed by atoms with Crippen molar-refractivity contribution in [3.05, 3.63) is 168 Å². The van der Waals surface area contributed by atoms with Gasteiger partial charge in [-0.2, -0.15) is 4.98 Å². The van der Waals surface area contributed by atoms with E-state index in [1.54, 1.807) is 0 Å². The molecule has 75 heavy (non-hydrogen) atoms. The second-order valence-electron chi connectivity index (χ2n) is 19.3. The summed E-state index contributed by atoms with van der Waals surface area (Å²) in [6.45, 7) is 27.4. The molecule has 3 heterocycles. The highest BCUT2D eigenvalue weighted by molar-refractivity contribution is 5.89. The van der Waals surface area contributed by atoms with Crippen LogP contribution < -0.4 is 32.8 Å². The number of ether oxygens (including phenoxy) is 4. The molecule has 396 valence electrons. The quantitative estimate of drug-likeness (QED) is 0.0631. The number of rotatable bonds is 18. The van der Waals surface area contributed by atoms with Gasteiger partial charge in [0.2, 0.25) is 12.2 Å². The maximum Gasteiger partial charge on any atom is 0.273 e. The minimum absolute atomic E-state index is 0. The van der Waals surface area contributed by atoms with Crippen LogP contribution in [-0.2, 0) is 18.9 Å². The number of fused-ring (bicyclic) bond motifs is 3. The Morgan fingerprint density at radius 2 is 0.813 bits per heavy atom. The fraction of sp³-hybridized carbons (Fsp3) is 0.355. The number of halogens is 1. The van der Waals surface area contributed by atoms with Crippen LogP contribution in [-0.4, -0.2) is 59.2 Å². The van der Waals surface area contributed by atoms with Crippen molar-refractivity contribution in [3.63, 3.8) is 0 Å². The van der Waals surface area contributed by atoms with E-state index < -0.39 is 6.48 Å². The van der Waals surface area contributed by atoms with Gasteiger partial charge < -0.3 is 36.7 Å². The van der Waals surface area contributed by atoms with Gasteiger partial charge >= 0.3 is 0 Å². The van der Waals surface area contributed by atoms with Gasteiger partial charge in [0.15, 0.2) is 11.6 Å². The third kappa shape index (κ3) is 14.9. The average Bonchev–Trinajstić information content (AvgIpc) is 3.73. The van der Waals surface area contributed by atoms with E-state index >= 15 is 0 Å². The van der Waals surface area contributed by atoms with Gasteiger partial charge in [0, 0.05) is 43.5 Å². The number of benzene rings is 6. The minimum atomic E-state index is -0.472. The third-order valence-corrected chi connectivity index (χ3v) is 12.7. The predicted molar refractivity (Wildman–Crippen MR) is 304 cm³/mol. The lowest BCUT2D eigenvalue weighted by Crippen LogP contribution is -3.00. The first kappa shape index (κ1) is 57.8. The Bertz CT molecular complexity index is 2790. The second kappa shape index (κ2) is 27.9. The highest BCUT2D eigenvalue weighted by atomic mass is 35.5. The third-order valence-electron chi connectivity index (χ3n) is 12.7. The summed E-state index contributed by atoms with van der Waals surface area (Å²) >= 11 is 0. The van der Waals surface area contributed by atoms with E-state index in [-0.39, 0.29) is 18.8 Å². The highest BCUT2D eigenvalue weighted by Crippen LogP contribution is 2.47. The molecule has 12 nitrogen and oxygen atoms in total. The first-order valence-corrected chi connectivity index (χ1v) is 26.4. The molecule has 1 aliphatic rings. The van der Waals surface area contributed by atoms with Crippen LogP contribution >= 0.6 is 0 Å². The van der Waals surface area contributed by atoms with E-state index in [0.29, 0.717) is 50.1 Å². The zero-order chi connectivity index (χ0) is 52.7. The van der Waals surface area contributed by atoms with Crippen LogP contribution in [0.15, 0.2) is 146 Å². The normalized spacial score (nSPS) is 12.3. The molecular weight excluding hydrogens is 956 g/mol. The van der Waals surface area contributed by atoms with Crippen molar-refractivity contribution < 1.29 is 36.7 Å². The van der Waals surface area contributed by atoms with Crippen molar-refractivity contribution in [2.24, 2.45) is 0 Å². The largest absolute Gasteiger partial charge is 1.00 e. The van der Waals surface area contributed by atoms with Gasteiger partial charge in [-0.05, 0) is 146 Å². The van der Waals surface area contributed by atoms with Crippen molar-refractivity contribution in [3.8, 4) is 0 Å². The van der Waals surface area contributed by atoms with Gasteiger partial charge in [-0.1, -0.05) is 128 Å². The molecule has 0 fully saturated rings. The van der Waals surface area contributed by atoms with Gasteiger partial charge in [-0.3, -0.25) is 15.1 Å². The predicted octanol–water partition coefficient (Wildman–Crippen LogP) is 12.0. The molecule has 8 aromatic rings. The lowest BCUT2D eigenvalue weighted by Gasteiger charge is -2.31. The van der Waals surface area contributed by atoms with Crippen LogP contribution in [0.1, 0.15) is 129 Å². The standard InChI is InChI=1S/C29H32N4O.C26H28N4.C7H16O3.ClH/c1-6-34-29-32(23-15-11-21(12-16-23)19(2)3)27-28(31-26-10-8-7-9-25(26)30-27)33(29)24-17-13-22(14-18-24)20(4)5;1-17(2)19-9-13-21(14-10-19)27-25-26(30-24-8-6-5-7-23(24)29-25)28-22-15-11-20(12-16-22)18(3)4;1-4-8-7(9-5-2)10-6-3;/h7-20,29H,6H2,1-5H3;5-18H,1-4H3,(H,27,29)(H,28,30);7H,4-6H2,1-3H3;1H. The molecule has 0 unspecified atom stereocenters. The summed E-state index contributed by atoms with van der Waals surface area (Å²) in [5, 5.41) is 5.57.